The lowest BCUT2D eigenvalue weighted by Gasteiger charge is -2.06. The fraction of sp³-hybridized carbons (Fsp3) is 0.462. The molecular weight excluding hydrogens is 252 g/mol. The van der Waals surface area contributed by atoms with E-state index in [9.17, 15) is 0 Å². The molecule has 1 unspecified atom stereocenters. The first-order valence-corrected chi connectivity index (χ1v) is 6.64. The number of nitrogens with one attached hydrogen (secondary N) is 1. The van der Waals surface area contributed by atoms with E-state index in [0.717, 1.165) is 33.3 Å². The molecule has 90 valence electrons. The number of aromatic nitrogens is 2. The zero-order chi connectivity index (χ0) is 12.2. The van der Waals surface area contributed by atoms with E-state index in [0.29, 0.717) is 5.41 Å². The first kappa shape index (κ1) is 11.3. The van der Waals surface area contributed by atoms with Crippen LogP contribution in [0.3, 0.4) is 0 Å². The fourth-order valence-electron chi connectivity index (χ4n) is 2.43. The van der Waals surface area contributed by atoms with E-state index in [-0.39, 0.29) is 0 Å². The molecule has 17 heavy (non-hydrogen) atoms. The molecule has 4 heteroatoms. The van der Waals surface area contributed by atoms with Gasteiger partial charge in [-0.1, -0.05) is 25.4 Å². The third kappa shape index (κ3) is 1.91. The second-order valence-corrected chi connectivity index (χ2v) is 6.41. The summed E-state index contributed by atoms with van der Waals surface area (Å²) in [5.74, 6) is 0.740. The van der Waals surface area contributed by atoms with E-state index in [2.05, 4.69) is 23.4 Å². The average molecular weight is 267 g/mol. The van der Waals surface area contributed by atoms with Crippen molar-refractivity contribution in [1.29, 1.82) is 0 Å². The summed E-state index contributed by atoms with van der Waals surface area (Å²) in [7, 11) is 0. The molecule has 0 aliphatic heterocycles. The smallest absolute Gasteiger partial charge is 0.178 e. The highest BCUT2D eigenvalue weighted by Crippen LogP contribution is 2.52. The predicted octanol–water partition coefficient (Wildman–Crippen LogP) is 4.40. The van der Waals surface area contributed by atoms with Crippen molar-refractivity contribution in [2.75, 3.05) is 0 Å². The summed E-state index contributed by atoms with van der Waals surface area (Å²) < 4.78 is 2.99. The van der Waals surface area contributed by atoms with Crippen molar-refractivity contribution in [3.05, 3.63) is 28.0 Å². The lowest BCUT2D eigenvalue weighted by atomic mass is 10.1. The van der Waals surface area contributed by atoms with Crippen molar-refractivity contribution in [2.24, 2.45) is 11.3 Å². The normalized spacial score (nSPS) is 21.9. The van der Waals surface area contributed by atoms with Crippen molar-refractivity contribution in [3.8, 4) is 0 Å². The van der Waals surface area contributed by atoms with Gasteiger partial charge in [0.1, 0.15) is 0 Å². The van der Waals surface area contributed by atoms with Gasteiger partial charge in [0.2, 0.25) is 0 Å². The maximum absolute atomic E-state index is 5.98. The molecule has 2 nitrogen and oxygen atoms in total. The molecule has 1 atom stereocenters. The van der Waals surface area contributed by atoms with E-state index in [1.54, 1.807) is 0 Å². The van der Waals surface area contributed by atoms with Gasteiger partial charge in [-0.05, 0) is 48.2 Å². The van der Waals surface area contributed by atoms with Gasteiger partial charge < -0.3 is 9.55 Å². The molecule has 0 saturated heterocycles. The summed E-state index contributed by atoms with van der Waals surface area (Å²) in [6.07, 6.45) is 1.29. The van der Waals surface area contributed by atoms with Gasteiger partial charge in [-0.25, -0.2) is 0 Å². The first-order chi connectivity index (χ1) is 7.97. The number of aromatic amines is 1. The van der Waals surface area contributed by atoms with Crippen LogP contribution in [-0.2, 0) is 6.54 Å². The van der Waals surface area contributed by atoms with Gasteiger partial charge >= 0.3 is 0 Å². The fourth-order valence-corrected chi connectivity index (χ4v) is 2.88. The van der Waals surface area contributed by atoms with E-state index < -0.39 is 0 Å². The maximum Gasteiger partial charge on any atom is 0.178 e. The first-order valence-electron chi connectivity index (χ1n) is 5.85. The monoisotopic (exact) mass is 266 g/mol. The molecule has 1 aliphatic rings. The Morgan fingerprint density at radius 1 is 1.53 bits per heavy atom. The lowest BCUT2D eigenvalue weighted by Crippen LogP contribution is -2.03. The summed E-state index contributed by atoms with van der Waals surface area (Å²) in [5, 5.41) is 0.743. The molecule has 1 heterocycles. The Bertz CT molecular complexity index is 638. The van der Waals surface area contributed by atoms with Crippen LogP contribution >= 0.6 is 23.8 Å². The minimum atomic E-state index is 0.477. The van der Waals surface area contributed by atoms with Gasteiger partial charge in [-0.2, -0.15) is 0 Å². The summed E-state index contributed by atoms with van der Waals surface area (Å²) in [5.41, 5.74) is 2.66. The van der Waals surface area contributed by atoms with Crippen LogP contribution in [0.25, 0.3) is 11.0 Å². The number of benzene rings is 1. The minimum absolute atomic E-state index is 0.477. The van der Waals surface area contributed by atoms with Crippen LogP contribution in [0, 0.1) is 16.1 Å². The molecular formula is C13H15ClN2S. The van der Waals surface area contributed by atoms with Crippen LogP contribution in [-0.4, -0.2) is 9.55 Å². The number of hydrogen-bond acceptors (Lipinski definition) is 1. The Hall–Kier alpha value is -0.800. The molecule has 0 amide bonds. The molecule has 1 aromatic carbocycles. The topological polar surface area (TPSA) is 20.7 Å². The largest absolute Gasteiger partial charge is 0.331 e. The van der Waals surface area contributed by atoms with Crippen molar-refractivity contribution in [3.63, 3.8) is 0 Å². The SMILES string of the molecule is CC1(C)CC1Cn1c(=S)[nH]c2cc(Cl)ccc21. The quantitative estimate of drug-likeness (QED) is 0.799. The molecule has 1 saturated carbocycles. The van der Waals surface area contributed by atoms with Gasteiger partial charge in [0.05, 0.1) is 11.0 Å². The molecule has 0 bridgehead atoms. The summed E-state index contributed by atoms with van der Waals surface area (Å²) in [6.45, 7) is 5.63. The molecule has 1 fully saturated rings. The van der Waals surface area contributed by atoms with Crippen LogP contribution in [0.4, 0.5) is 0 Å². The molecule has 0 radical (unpaired) electrons. The molecule has 3 rings (SSSR count). The van der Waals surface area contributed by atoms with E-state index in [4.69, 9.17) is 23.8 Å². The minimum Gasteiger partial charge on any atom is -0.331 e. The van der Waals surface area contributed by atoms with Crippen molar-refractivity contribution in [1.82, 2.24) is 9.55 Å². The maximum atomic E-state index is 5.98. The number of imidazole rings is 1. The van der Waals surface area contributed by atoms with E-state index in [1.807, 2.05) is 18.2 Å². The van der Waals surface area contributed by atoms with Gasteiger partial charge in [-0.3, -0.25) is 0 Å². The van der Waals surface area contributed by atoms with Crippen LogP contribution in [0.15, 0.2) is 18.2 Å². The van der Waals surface area contributed by atoms with Crippen LogP contribution < -0.4 is 0 Å². The third-order valence-electron chi connectivity index (χ3n) is 3.86. The summed E-state index contributed by atoms with van der Waals surface area (Å²) in [4.78, 5) is 3.22. The predicted molar refractivity (Wildman–Crippen MR) is 74.0 cm³/mol. The van der Waals surface area contributed by atoms with Crippen LogP contribution in [0.5, 0.6) is 0 Å². The molecule has 1 aliphatic carbocycles. The molecule has 0 spiro atoms. The molecule has 1 aromatic heterocycles. The van der Waals surface area contributed by atoms with Crippen molar-refractivity contribution < 1.29 is 0 Å². The standard InChI is InChI=1S/C13H15ClN2S/c1-13(2)6-8(13)7-16-11-4-3-9(14)5-10(11)15-12(16)17/h3-5,8H,6-7H2,1-2H3,(H,15,17). The number of halogens is 1. The van der Waals surface area contributed by atoms with E-state index >= 15 is 0 Å². The number of nitrogens with zero attached hydrogens (tertiary/aromatic N) is 1. The third-order valence-corrected chi connectivity index (χ3v) is 4.41. The van der Waals surface area contributed by atoms with Crippen LogP contribution in [0.2, 0.25) is 5.02 Å². The Morgan fingerprint density at radius 2 is 2.24 bits per heavy atom. The van der Waals surface area contributed by atoms with Crippen LogP contribution in [0.1, 0.15) is 20.3 Å². The number of fused-ring (bicyclic) bond motifs is 1. The van der Waals surface area contributed by atoms with Crippen molar-refractivity contribution >= 4 is 34.9 Å². The van der Waals surface area contributed by atoms with Gasteiger partial charge in [-0.15, -0.1) is 0 Å². The lowest BCUT2D eigenvalue weighted by molar-refractivity contribution is 0.502. The highest BCUT2D eigenvalue weighted by atomic mass is 35.5. The summed E-state index contributed by atoms with van der Waals surface area (Å²) >= 11 is 11.4. The molecule has 2 aromatic rings. The zero-order valence-corrected chi connectivity index (χ0v) is 11.5. The Morgan fingerprint density at radius 3 is 2.88 bits per heavy atom. The number of H-pyrrole nitrogens is 1. The van der Waals surface area contributed by atoms with Gasteiger partial charge in [0.25, 0.3) is 0 Å². The Labute approximate surface area is 111 Å². The average Bonchev–Trinajstić information content (AvgIpc) is 2.71. The highest BCUT2D eigenvalue weighted by molar-refractivity contribution is 7.71. The number of rotatable bonds is 2. The number of hydrogen-bond donors (Lipinski definition) is 1. The second-order valence-electron chi connectivity index (χ2n) is 5.59. The van der Waals surface area contributed by atoms with Gasteiger partial charge in [0, 0.05) is 11.6 Å². The molecule has 1 N–H and O–H groups in total. The Balaban J connectivity index is 2.04. The van der Waals surface area contributed by atoms with E-state index in [1.165, 1.54) is 6.42 Å². The van der Waals surface area contributed by atoms with Crippen molar-refractivity contribution in [2.45, 2.75) is 26.8 Å². The second kappa shape index (κ2) is 3.59. The Kier molecular flexibility index (Phi) is 2.39. The zero-order valence-electron chi connectivity index (χ0n) is 9.96. The van der Waals surface area contributed by atoms with Gasteiger partial charge in [0.15, 0.2) is 4.77 Å². The summed E-state index contributed by atoms with van der Waals surface area (Å²) in [6, 6.07) is 5.89. The highest BCUT2D eigenvalue weighted by Gasteiger charge is 2.45.